The molecule has 1 rings (SSSR count). The predicted octanol–water partition coefficient (Wildman–Crippen LogP) is 3.28. The standard InChI is InChI=1S/C14H20N2/c1-12(13-7-5-4-6-8-13)16-10-9-14(2,3)11-15/h4-8,12,16H,9-10H2,1-3H3. The molecule has 0 saturated carbocycles. The second-order valence-corrected chi connectivity index (χ2v) is 4.83. The van der Waals surface area contributed by atoms with Gasteiger partial charge < -0.3 is 5.32 Å². The fourth-order valence-corrected chi connectivity index (χ4v) is 1.52. The van der Waals surface area contributed by atoms with E-state index >= 15 is 0 Å². The van der Waals surface area contributed by atoms with Gasteiger partial charge in [0.05, 0.1) is 11.5 Å². The maximum Gasteiger partial charge on any atom is 0.0684 e. The summed E-state index contributed by atoms with van der Waals surface area (Å²) >= 11 is 0. The normalized spacial score (nSPS) is 13.1. The number of rotatable bonds is 5. The Morgan fingerprint density at radius 2 is 1.94 bits per heavy atom. The monoisotopic (exact) mass is 216 g/mol. The average molecular weight is 216 g/mol. The molecule has 86 valence electrons. The fourth-order valence-electron chi connectivity index (χ4n) is 1.52. The number of hydrogen-bond donors (Lipinski definition) is 1. The molecule has 1 atom stereocenters. The second-order valence-electron chi connectivity index (χ2n) is 4.83. The Hall–Kier alpha value is -1.33. The lowest BCUT2D eigenvalue weighted by Crippen LogP contribution is -2.24. The number of nitrogens with one attached hydrogen (secondary N) is 1. The molecular formula is C14H20N2. The van der Waals surface area contributed by atoms with Gasteiger partial charge in [0.15, 0.2) is 0 Å². The molecule has 0 aliphatic carbocycles. The van der Waals surface area contributed by atoms with Crippen LogP contribution < -0.4 is 5.32 Å². The first kappa shape index (κ1) is 12.7. The molecule has 1 aromatic rings. The van der Waals surface area contributed by atoms with E-state index in [1.165, 1.54) is 5.56 Å². The maximum atomic E-state index is 8.90. The molecule has 0 aliphatic heterocycles. The number of hydrogen-bond acceptors (Lipinski definition) is 2. The van der Waals surface area contributed by atoms with Crippen LogP contribution in [0.4, 0.5) is 0 Å². The van der Waals surface area contributed by atoms with Gasteiger partial charge in [-0.1, -0.05) is 30.3 Å². The van der Waals surface area contributed by atoms with E-state index in [4.69, 9.17) is 5.26 Å². The van der Waals surface area contributed by atoms with Crippen LogP contribution in [-0.4, -0.2) is 6.54 Å². The third-order valence-electron chi connectivity index (χ3n) is 2.80. The van der Waals surface area contributed by atoms with E-state index in [9.17, 15) is 0 Å². The molecule has 0 amide bonds. The van der Waals surface area contributed by atoms with Gasteiger partial charge in [-0.3, -0.25) is 0 Å². The van der Waals surface area contributed by atoms with E-state index in [2.05, 4.69) is 30.4 Å². The molecule has 0 heterocycles. The van der Waals surface area contributed by atoms with Crippen molar-refractivity contribution in [1.29, 1.82) is 5.26 Å². The van der Waals surface area contributed by atoms with Gasteiger partial charge >= 0.3 is 0 Å². The highest BCUT2D eigenvalue weighted by atomic mass is 14.9. The van der Waals surface area contributed by atoms with Crippen molar-refractivity contribution in [3.63, 3.8) is 0 Å². The van der Waals surface area contributed by atoms with Gasteiger partial charge in [0.1, 0.15) is 0 Å². The zero-order chi connectivity index (χ0) is 12.0. The molecular weight excluding hydrogens is 196 g/mol. The van der Waals surface area contributed by atoms with Crippen molar-refractivity contribution in [2.45, 2.75) is 33.2 Å². The second kappa shape index (κ2) is 5.67. The largest absolute Gasteiger partial charge is 0.310 e. The minimum Gasteiger partial charge on any atom is -0.310 e. The number of nitriles is 1. The molecule has 0 bridgehead atoms. The topological polar surface area (TPSA) is 35.8 Å². The first-order valence-electron chi connectivity index (χ1n) is 5.75. The quantitative estimate of drug-likeness (QED) is 0.820. The van der Waals surface area contributed by atoms with Crippen LogP contribution in [0, 0.1) is 16.7 Å². The fraction of sp³-hybridized carbons (Fsp3) is 0.500. The highest BCUT2D eigenvalue weighted by Gasteiger charge is 2.16. The Kier molecular flexibility index (Phi) is 4.52. The smallest absolute Gasteiger partial charge is 0.0684 e. The average Bonchev–Trinajstić information content (AvgIpc) is 2.30. The van der Waals surface area contributed by atoms with E-state index in [1.807, 2.05) is 32.0 Å². The molecule has 1 aromatic carbocycles. The van der Waals surface area contributed by atoms with Crippen molar-refractivity contribution in [3.8, 4) is 6.07 Å². The van der Waals surface area contributed by atoms with Crippen LogP contribution in [0.3, 0.4) is 0 Å². The molecule has 0 aromatic heterocycles. The maximum absolute atomic E-state index is 8.90. The molecule has 2 heteroatoms. The van der Waals surface area contributed by atoms with Crippen LogP contribution in [0.15, 0.2) is 30.3 Å². The van der Waals surface area contributed by atoms with E-state index in [0.717, 1.165) is 13.0 Å². The minimum atomic E-state index is -0.233. The Bertz CT molecular complexity index is 349. The molecule has 0 saturated heterocycles. The first-order chi connectivity index (χ1) is 7.55. The van der Waals surface area contributed by atoms with Crippen LogP contribution in [0.1, 0.15) is 38.8 Å². The van der Waals surface area contributed by atoms with E-state index < -0.39 is 0 Å². The summed E-state index contributed by atoms with van der Waals surface area (Å²) in [6.45, 7) is 6.97. The van der Waals surface area contributed by atoms with Crippen LogP contribution in [0.2, 0.25) is 0 Å². The van der Waals surface area contributed by atoms with Gasteiger partial charge in [-0.2, -0.15) is 5.26 Å². The van der Waals surface area contributed by atoms with Crippen molar-refractivity contribution in [1.82, 2.24) is 5.32 Å². The lowest BCUT2D eigenvalue weighted by molar-refractivity contribution is 0.416. The van der Waals surface area contributed by atoms with Gasteiger partial charge in [0, 0.05) is 6.04 Å². The predicted molar refractivity (Wildman–Crippen MR) is 66.9 cm³/mol. The molecule has 16 heavy (non-hydrogen) atoms. The van der Waals surface area contributed by atoms with Crippen LogP contribution in [0.5, 0.6) is 0 Å². The van der Waals surface area contributed by atoms with Crippen molar-refractivity contribution in [2.75, 3.05) is 6.54 Å². The molecule has 0 spiro atoms. The SMILES string of the molecule is CC(NCCC(C)(C)C#N)c1ccccc1. The van der Waals surface area contributed by atoms with Crippen LogP contribution in [0.25, 0.3) is 0 Å². The Labute approximate surface area is 98.3 Å². The Balaban J connectivity index is 2.38. The summed E-state index contributed by atoms with van der Waals surface area (Å²) in [6.07, 6.45) is 0.876. The zero-order valence-electron chi connectivity index (χ0n) is 10.3. The highest BCUT2D eigenvalue weighted by molar-refractivity contribution is 5.17. The lowest BCUT2D eigenvalue weighted by Gasteiger charge is -2.18. The van der Waals surface area contributed by atoms with Crippen LogP contribution in [-0.2, 0) is 0 Å². The minimum absolute atomic E-state index is 0.233. The van der Waals surface area contributed by atoms with E-state index in [1.54, 1.807) is 0 Å². The van der Waals surface area contributed by atoms with Crippen molar-refractivity contribution in [2.24, 2.45) is 5.41 Å². The Morgan fingerprint density at radius 1 is 1.31 bits per heavy atom. The molecule has 1 N–H and O–H groups in total. The first-order valence-corrected chi connectivity index (χ1v) is 5.75. The summed E-state index contributed by atoms with van der Waals surface area (Å²) in [5.74, 6) is 0. The molecule has 1 unspecified atom stereocenters. The van der Waals surface area contributed by atoms with Gasteiger partial charge in [0.2, 0.25) is 0 Å². The summed E-state index contributed by atoms with van der Waals surface area (Å²) < 4.78 is 0. The van der Waals surface area contributed by atoms with Crippen molar-refractivity contribution in [3.05, 3.63) is 35.9 Å². The van der Waals surface area contributed by atoms with Crippen molar-refractivity contribution >= 4 is 0 Å². The van der Waals surface area contributed by atoms with E-state index in [-0.39, 0.29) is 5.41 Å². The van der Waals surface area contributed by atoms with Gasteiger partial charge in [-0.05, 0) is 39.3 Å². The van der Waals surface area contributed by atoms with Gasteiger partial charge in [0.25, 0.3) is 0 Å². The summed E-state index contributed by atoms with van der Waals surface area (Å²) in [6, 6.07) is 13.0. The Morgan fingerprint density at radius 3 is 2.50 bits per heavy atom. The van der Waals surface area contributed by atoms with Gasteiger partial charge in [-0.15, -0.1) is 0 Å². The molecule has 0 aliphatic rings. The summed E-state index contributed by atoms with van der Waals surface area (Å²) in [4.78, 5) is 0. The summed E-state index contributed by atoms with van der Waals surface area (Å²) in [5.41, 5.74) is 1.06. The summed E-state index contributed by atoms with van der Waals surface area (Å²) in [7, 11) is 0. The van der Waals surface area contributed by atoms with Crippen molar-refractivity contribution < 1.29 is 0 Å². The van der Waals surface area contributed by atoms with Crippen LogP contribution >= 0.6 is 0 Å². The van der Waals surface area contributed by atoms with Gasteiger partial charge in [-0.25, -0.2) is 0 Å². The third-order valence-corrected chi connectivity index (χ3v) is 2.80. The molecule has 0 radical (unpaired) electrons. The highest BCUT2D eigenvalue weighted by Crippen LogP contribution is 2.18. The lowest BCUT2D eigenvalue weighted by atomic mass is 9.91. The zero-order valence-corrected chi connectivity index (χ0v) is 10.3. The number of benzene rings is 1. The number of nitrogens with zero attached hydrogens (tertiary/aromatic N) is 1. The molecule has 0 fully saturated rings. The third kappa shape index (κ3) is 4.04. The summed E-state index contributed by atoms with van der Waals surface area (Å²) in [5, 5.41) is 12.3. The van der Waals surface area contributed by atoms with E-state index in [0.29, 0.717) is 6.04 Å². The molecule has 2 nitrogen and oxygen atoms in total.